The first-order valence-electron chi connectivity index (χ1n) is 8.78. The molecule has 0 saturated carbocycles. The minimum atomic E-state index is -0.517. The summed E-state index contributed by atoms with van der Waals surface area (Å²) in [6.45, 7) is 1.95. The number of para-hydroxylation sites is 1. The number of aryl methyl sites for hydroxylation is 1. The summed E-state index contributed by atoms with van der Waals surface area (Å²) in [5.41, 5.74) is 8.64. The van der Waals surface area contributed by atoms with Crippen LogP contribution in [0, 0.1) is 6.92 Å². The van der Waals surface area contributed by atoms with Crippen molar-refractivity contribution in [2.24, 2.45) is 5.73 Å². The zero-order valence-electron chi connectivity index (χ0n) is 15.5. The van der Waals surface area contributed by atoms with Crippen LogP contribution in [0.4, 0.5) is 5.69 Å². The molecule has 2 aromatic heterocycles. The molecule has 0 saturated heterocycles. The highest BCUT2D eigenvalue weighted by Crippen LogP contribution is 2.33. The van der Waals surface area contributed by atoms with E-state index in [1.54, 1.807) is 47.4 Å². The van der Waals surface area contributed by atoms with Gasteiger partial charge in [-0.1, -0.05) is 30.0 Å². The fraction of sp³-hybridized carbons (Fsp3) is 0.0952. The molecule has 0 fully saturated rings. The highest BCUT2D eigenvalue weighted by Gasteiger charge is 2.21. The number of nitrogens with zero attached hydrogens (tertiary/aromatic N) is 1. The predicted octanol–water partition coefficient (Wildman–Crippen LogP) is 4.84. The molecule has 6 nitrogen and oxygen atoms in total. The van der Waals surface area contributed by atoms with Crippen molar-refractivity contribution in [3.05, 3.63) is 76.5 Å². The molecule has 2 heterocycles. The number of thioether (sulfide) groups is 1. The van der Waals surface area contributed by atoms with E-state index >= 15 is 0 Å². The summed E-state index contributed by atoms with van der Waals surface area (Å²) in [4.78, 5) is 28.6. The van der Waals surface area contributed by atoms with Gasteiger partial charge in [0, 0.05) is 39.0 Å². The van der Waals surface area contributed by atoms with Gasteiger partial charge in [0.15, 0.2) is 5.76 Å². The lowest BCUT2D eigenvalue weighted by Crippen LogP contribution is -2.14. The Morgan fingerprint density at radius 2 is 1.93 bits per heavy atom. The number of fused-ring (bicyclic) bond motifs is 1. The Labute approximate surface area is 175 Å². The van der Waals surface area contributed by atoms with Crippen LogP contribution >= 0.6 is 23.1 Å². The number of hydrogen-bond donors (Lipinski definition) is 2. The monoisotopic (exact) mass is 423 g/mol. The number of thiazole rings is 1. The molecule has 29 heavy (non-hydrogen) atoms. The molecule has 0 radical (unpaired) electrons. The quantitative estimate of drug-likeness (QED) is 0.432. The van der Waals surface area contributed by atoms with Gasteiger partial charge in [-0.15, -0.1) is 11.3 Å². The molecule has 146 valence electrons. The second kappa shape index (κ2) is 8.10. The molecule has 0 aliphatic heterocycles. The predicted molar refractivity (Wildman–Crippen MR) is 116 cm³/mol. The highest BCUT2D eigenvalue weighted by atomic mass is 32.2. The Hall–Kier alpha value is -3.10. The number of benzene rings is 2. The number of primary amides is 1. The van der Waals surface area contributed by atoms with Crippen LogP contribution in [0.1, 0.15) is 32.2 Å². The Morgan fingerprint density at radius 3 is 2.62 bits per heavy atom. The van der Waals surface area contributed by atoms with Gasteiger partial charge in [0.05, 0.1) is 0 Å². The van der Waals surface area contributed by atoms with E-state index in [9.17, 15) is 9.59 Å². The van der Waals surface area contributed by atoms with Crippen LogP contribution in [-0.4, -0.2) is 16.8 Å². The maximum atomic E-state index is 12.9. The maximum Gasteiger partial charge on any atom is 0.291 e. The van der Waals surface area contributed by atoms with E-state index in [1.165, 1.54) is 0 Å². The number of amides is 2. The number of anilines is 1. The average molecular weight is 424 g/mol. The number of aromatic nitrogens is 1. The molecule has 0 spiro atoms. The number of carbonyl (C=O) groups is 2. The molecule has 0 atom stereocenters. The second-order valence-electron chi connectivity index (χ2n) is 6.35. The standard InChI is InChI=1S/C21H17N3O3S2/c1-12-10-28-21(23-12)29-11-16-15-4-2-3-5-17(15)27-18(16)20(26)24-14-8-6-13(7-9-14)19(22)25/h2-10H,11H2,1H3,(H2,22,25)(H,24,26). The molecule has 2 aromatic carbocycles. The van der Waals surface area contributed by atoms with E-state index in [4.69, 9.17) is 10.2 Å². The van der Waals surface area contributed by atoms with Crippen LogP contribution in [-0.2, 0) is 5.75 Å². The Balaban J connectivity index is 1.61. The van der Waals surface area contributed by atoms with E-state index in [0.717, 1.165) is 21.0 Å². The lowest BCUT2D eigenvalue weighted by Gasteiger charge is -2.06. The lowest BCUT2D eigenvalue weighted by atomic mass is 10.1. The van der Waals surface area contributed by atoms with Crippen LogP contribution in [0.2, 0.25) is 0 Å². The second-order valence-corrected chi connectivity index (χ2v) is 8.43. The fourth-order valence-electron chi connectivity index (χ4n) is 2.86. The van der Waals surface area contributed by atoms with Crippen LogP contribution in [0.5, 0.6) is 0 Å². The van der Waals surface area contributed by atoms with Crippen molar-refractivity contribution >= 4 is 51.6 Å². The van der Waals surface area contributed by atoms with Gasteiger partial charge in [-0.2, -0.15) is 0 Å². The van der Waals surface area contributed by atoms with E-state index in [0.29, 0.717) is 22.6 Å². The zero-order chi connectivity index (χ0) is 20.4. The molecule has 0 aliphatic carbocycles. The maximum absolute atomic E-state index is 12.9. The minimum absolute atomic E-state index is 0.269. The SMILES string of the molecule is Cc1csc(SCc2c(C(=O)Nc3ccc(C(N)=O)cc3)oc3ccccc23)n1. The third kappa shape index (κ3) is 4.18. The number of rotatable bonds is 6. The van der Waals surface area contributed by atoms with Crippen molar-refractivity contribution in [2.75, 3.05) is 5.32 Å². The largest absolute Gasteiger partial charge is 0.451 e. The van der Waals surface area contributed by atoms with E-state index in [1.807, 2.05) is 36.6 Å². The normalized spacial score (nSPS) is 10.9. The van der Waals surface area contributed by atoms with Gasteiger partial charge < -0.3 is 15.5 Å². The van der Waals surface area contributed by atoms with Crippen molar-refractivity contribution in [3.8, 4) is 0 Å². The van der Waals surface area contributed by atoms with Gasteiger partial charge in [-0.3, -0.25) is 9.59 Å². The third-order valence-corrected chi connectivity index (χ3v) is 6.44. The molecule has 4 rings (SSSR count). The van der Waals surface area contributed by atoms with Crippen LogP contribution in [0.15, 0.2) is 62.7 Å². The van der Waals surface area contributed by atoms with Crippen LogP contribution in [0.25, 0.3) is 11.0 Å². The molecule has 4 aromatic rings. The van der Waals surface area contributed by atoms with Crippen molar-refractivity contribution in [2.45, 2.75) is 17.0 Å². The van der Waals surface area contributed by atoms with Crippen LogP contribution in [0.3, 0.4) is 0 Å². The summed E-state index contributed by atoms with van der Waals surface area (Å²) in [7, 11) is 0. The third-order valence-electron chi connectivity index (χ3n) is 4.27. The summed E-state index contributed by atoms with van der Waals surface area (Å²) < 4.78 is 6.82. The fourth-order valence-corrected chi connectivity index (χ4v) is 4.74. The van der Waals surface area contributed by atoms with Gasteiger partial charge in [0.2, 0.25) is 5.91 Å². The minimum Gasteiger partial charge on any atom is -0.451 e. The molecule has 8 heteroatoms. The summed E-state index contributed by atoms with van der Waals surface area (Å²) in [6, 6.07) is 14.0. The molecular weight excluding hydrogens is 406 g/mol. The van der Waals surface area contributed by atoms with Gasteiger partial charge in [0.1, 0.15) is 9.92 Å². The Kier molecular flexibility index (Phi) is 5.37. The summed E-state index contributed by atoms with van der Waals surface area (Å²) >= 11 is 3.15. The number of hydrogen-bond acceptors (Lipinski definition) is 6. The average Bonchev–Trinajstić information content (AvgIpc) is 3.30. The first kappa shape index (κ1) is 19.2. The van der Waals surface area contributed by atoms with E-state index < -0.39 is 5.91 Å². The molecule has 0 bridgehead atoms. The van der Waals surface area contributed by atoms with Gasteiger partial charge in [-0.25, -0.2) is 4.98 Å². The summed E-state index contributed by atoms with van der Waals surface area (Å²) in [5, 5.41) is 5.73. The van der Waals surface area contributed by atoms with E-state index in [2.05, 4.69) is 10.3 Å². The molecule has 2 amide bonds. The van der Waals surface area contributed by atoms with Crippen LogP contribution < -0.4 is 11.1 Å². The van der Waals surface area contributed by atoms with Gasteiger partial charge in [-0.05, 0) is 37.3 Å². The molecule has 0 aliphatic rings. The van der Waals surface area contributed by atoms with Crippen molar-refractivity contribution < 1.29 is 14.0 Å². The lowest BCUT2D eigenvalue weighted by molar-refractivity contribution is 0.0992. The zero-order valence-corrected chi connectivity index (χ0v) is 17.1. The topological polar surface area (TPSA) is 98.2 Å². The highest BCUT2D eigenvalue weighted by molar-refractivity contribution is 8.00. The molecule has 3 N–H and O–H groups in total. The van der Waals surface area contributed by atoms with E-state index in [-0.39, 0.29) is 11.7 Å². The van der Waals surface area contributed by atoms with Crippen molar-refractivity contribution in [3.63, 3.8) is 0 Å². The number of nitrogens with two attached hydrogens (primary N) is 1. The summed E-state index contributed by atoms with van der Waals surface area (Å²) in [5.74, 6) is -0.0327. The van der Waals surface area contributed by atoms with Crippen molar-refractivity contribution in [1.82, 2.24) is 4.98 Å². The van der Waals surface area contributed by atoms with Gasteiger partial charge in [0.25, 0.3) is 5.91 Å². The number of nitrogens with one attached hydrogen (secondary N) is 1. The Morgan fingerprint density at radius 1 is 1.17 bits per heavy atom. The molecular formula is C21H17N3O3S2. The number of carbonyl (C=O) groups excluding carboxylic acids is 2. The first-order valence-corrected chi connectivity index (χ1v) is 10.6. The number of furan rings is 1. The summed E-state index contributed by atoms with van der Waals surface area (Å²) in [6.07, 6.45) is 0. The smallest absolute Gasteiger partial charge is 0.291 e. The van der Waals surface area contributed by atoms with Gasteiger partial charge >= 0.3 is 0 Å². The van der Waals surface area contributed by atoms with Crippen molar-refractivity contribution in [1.29, 1.82) is 0 Å². The first-order chi connectivity index (χ1) is 14.0. The molecule has 0 unspecified atom stereocenters. The Bertz CT molecular complexity index is 1200.